The molecule has 0 unspecified atom stereocenters. The van der Waals surface area contributed by atoms with Crippen molar-refractivity contribution in [1.29, 1.82) is 0 Å². The third-order valence-corrected chi connectivity index (χ3v) is 2.41. The van der Waals surface area contributed by atoms with Gasteiger partial charge in [0, 0.05) is 26.0 Å². The molecule has 0 radical (unpaired) electrons. The van der Waals surface area contributed by atoms with Gasteiger partial charge < -0.3 is 15.2 Å². The summed E-state index contributed by atoms with van der Waals surface area (Å²) in [5, 5.41) is 15.2. The molecule has 1 heterocycles. The van der Waals surface area contributed by atoms with E-state index in [0.29, 0.717) is 25.3 Å². The molecule has 0 aromatic carbocycles. The molecule has 0 spiro atoms. The molecule has 0 bridgehead atoms. The summed E-state index contributed by atoms with van der Waals surface area (Å²) in [6, 6.07) is 0. The Kier molecular flexibility index (Phi) is 6.59. The monoisotopic (exact) mass is 269 g/mol. The number of aromatic nitrogens is 2. The third-order valence-electron chi connectivity index (χ3n) is 2.41. The molecular weight excluding hydrogens is 250 g/mol. The van der Waals surface area contributed by atoms with Crippen molar-refractivity contribution < 1.29 is 19.4 Å². The van der Waals surface area contributed by atoms with E-state index in [1.54, 1.807) is 6.20 Å². The normalized spacial score (nSPS) is 10.4. The van der Waals surface area contributed by atoms with Crippen LogP contribution in [-0.2, 0) is 16.1 Å². The lowest BCUT2D eigenvalue weighted by Gasteiger charge is -2.03. The smallest absolute Gasteiger partial charge is 0.305 e. The summed E-state index contributed by atoms with van der Waals surface area (Å²) in [5.74, 6) is -1.10. The van der Waals surface area contributed by atoms with Crippen LogP contribution in [-0.4, -0.2) is 46.5 Å². The predicted molar refractivity (Wildman–Crippen MR) is 67.9 cm³/mol. The van der Waals surface area contributed by atoms with Crippen LogP contribution < -0.4 is 5.32 Å². The summed E-state index contributed by atoms with van der Waals surface area (Å²) in [6.07, 6.45) is 3.71. The first-order valence-electron chi connectivity index (χ1n) is 6.23. The van der Waals surface area contributed by atoms with E-state index in [9.17, 15) is 9.59 Å². The first-order chi connectivity index (χ1) is 9.13. The number of hydrogen-bond acceptors (Lipinski definition) is 4. The zero-order valence-corrected chi connectivity index (χ0v) is 11.0. The minimum Gasteiger partial charge on any atom is -0.481 e. The van der Waals surface area contributed by atoms with Crippen molar-refractivity contribution in [2.45, 2.75) is 26.3 Å². The fourth-order valence-electron chi connectivity index (χ4n) is 1.44. The van der Waals surface area contributed by atoms with Crippen molar-refractivity contribution in [3.63, 3.8) is 0 Å². The number of ether oxygens (including phenoxy) is 1. The minimum atomic E-state index is -0.891. The lowest BCUT2D eigenvalue weighted by molar-refractivity contribution is -0.137. The standard InChI is InChI=1S/C12H19N3O4/c1-2-19-7-3-5-13-12(18)10-8-14-15(9-10)6-4-11(16)17/h8-9H,2-7H2,1H3,(H,13,18)(H,16,17). The van der Waals surface area contributed by atoms with Crippen molar-refractivity contribution in [1.82, 2.24) is 15.1 Å². The van der Waals surface area contributed by atoms with E-state index < -0.39 is 5.97 Å². The molecule has 0 aliphatic carbocycles. The van der Waals surface area contributed by atoms with Crippen LogP contribution in [0.25, 0.3) is 0 Å². The van der Waals surface area contributed by atoms with Crippen molar-refractivity contribution in [2.75, 3.05) is 19.8 Å². The highest BCUT2D eigenvalue weighted by molar-refractivity contribution is 5.93. The van der Waals surface area contributed by atoms with Crippen molar-refractivity contribution in [3.8, 4) is 0 Å². The Balaban J connectivity index is 2.30. The predicted octanol–water partition coefficient (Wildman–Crippen LogP) is 0.514. The average molecular weight is 269 g/mol. The van der Waals surface area contributed by atoms with Crippen LogP contribution in [0.5, 0.6) is 0 Å². The molecule has 7 nitrogen and oxygen atoms in total. The number of aryl methyl sites for hydroxylation is 1. The van der Waals surface area contributed by atoms with Gasteiger partial charge in [-0.05, 0) is 13.3 Å². The molecular formula is C12H19N3O4. The molecule has 7 heteroatoms. The van der Waals surface area contributed by atoms with Crippen molar-refractivity contribution >= 4 is 11.9 Å². The van der Waals surface area contributed by atoms with Gasteiger partial charge in [0.05, 0.1) is 24.7 Å². The number of nitrogens with one attached hydrogen (secondary N) is 1. The van der Waals surface area contributed by atoms with Gasteiger partial charge in [-0.3, -0.25) is 14.3 Å². The van der Waals surface area contributed by atoms with E-state index in [4.69, 9.17) is 9.84 Å². The number of carbonyl (C=O) groups is 2. The molecule has 19 heavy (non-hydrogen) atoms. The van der Waals surface area contributed by atoms with E-state index in [0.717, 1.165) is 6.42 Å². The van der Waals surface area contributed by atoms with Crippen LogP contribution in [0, 0.1) is 0 Å². The van der Waals surface area contributed by atoms with E-state index in [-0.39, 0.29) is 18.9 Å². The summed E-state index contributed by atoms with van der Waals surface area (Å²) >= 11 is 0. The maximum Gasteiger partial charge on any atom is 0.305 e. The zero-order valence-electron chi connectivity index (χ0n) is 11.0. The summed E-state index contributed by atoms with van der Waals surface area (Å²) < 4.78 is 6.60. The number of amides is 1. The van der Waals surface area contributed by atoms with Gasteiger partial charge in [-0.25, -0.2) is 0 Å². The highest BCUT2D eigenvalue weighted by Gasteiger charge is 2.08. The van der Waals surface area contributed by atoms with Crippen LogP contribution in [0.15, 0.2) is 12.4 Å². The SMILES string of the molecule is CCOCCCNC(=O)c1cnn(CCC(=O)O)c1. The number of aliphatic carboxylic acids is 1. The van der Waals surface area contributed by atoms with Gasteiger partial charge in [-0.2, -0.15) is 5.10 Å². The van der Waals surface area contributed by atoms with Crippen LogP contribution in [0.2, 0.25) is 0 Å². The van der Waals surface area contributed by atoms with Gasteiger partial charge in [-0.15, -0.1) is 0 Å². The number of carboxylic acid groups (broad SMARTS) is 1. The van der Waals surface area contributed by atoms with Crippen molar-refractivity contribution in [2.24, 2.45) is 0 Å². The molecule has 0 aliphatic heterocycles. The van der Waals surface area contributed by atoms with Gasteiger partial charge in [0.1, 0.15) is 0 Å². The Hall–Kier alpha value is -1.89. The third kappa shape index (κ3) is 6.01. The fourth-order valence-corrected chi connectivity index (χ4v) is 1.44. The maximum absolute atomic E-state index is 11.7. The Morgan fingerprint density at radius 2 is 2.32 bits per heavy atom. The molecule has 106 valence electrons. The van der Waals surface area contributed by atoms with Crippen molar-refractivity contribution in [3.05, 3.63) is 18.0 Å². The molecule has 1 aromatic rings. The molecule has 1 amide bonds. The highest BCUT2D eigenvalue weighted by Crippen LogP contribution is 1.99. The second-order valence-corrected chi connectivity index (χ2v) is 3.94. The van der Waals surface area contributed by atoms with Crippen LogP contribution in [0.3, 0.4) is 0 Å². The minimum absolute atomic E-state index is 0.0168. The summed E-state index contributed by atoms with van der Waals surface area (Å²) in [5.41, 5.74) is 0.432. The molecule has 1 aromatic heterocycles. The van der Waals surface area contributed by atoms with E-state index in [2.05, 4.69) is 10.4 Å². The van der Waals surface area contributed by atoms with E-state index in [1.165, 1.54) is 10.9 Å². The van der Waals surface area contributed by atoms with Crippen LogP contribution in [0.1, 0.15) is 30.1 Å². The lowest BCUT2D eigenvalue weighted by atomic mass is 10.3. The number of rotatable bonds is 9. The molecule has 0 aliphatic rings. The first kappa shape index (κ1) is 15.2. The number of carboxylic acids is 1. The average Bonchev–Trinajstić information content (AvgIpc) is 2.84. The Bertz CT molecular complexity index is 417. The maximum atomic E-state index is 11.7. The molecule has 0 fully saturated rings. The van der Waals surface area contributed by atoms with Gasteiger partial charge in [0.2, 0.25) is 0 Å². The second kappa shape index (κ2) is 8.25. The summed E-state index contributed by atoms with van der Waals surface area (Å²) in [4.78, 5) is 22.1. The zero-order chi connectivity index (χ0) is 14.1. The topological polar surface area (TPSA) is 93.5 Å². The summed E-state index contributed by atoms with van der Waals surface area (Å²) in [7, 11) is 0. The van der Waals surface area contributed by atoms with Crippen LogP contribution in [0.4, 0.5) is 0 Å². The number of hydrogen-bond donors (Lipinski definition) is 2. The fraction of sp³-hybridized carbons (Fsp3) is 0.583. The Morgan fingerprint density at radius 3 is 3.00 bits per heavy atom. The van der Waals surface area contributed by atoms with E-state index >= 15 is 0 Å². The molecule has 0 atom stereocenters. The molecule has 1 rings (SSSR count). The van der Waals surface area contributed by atoms with Crippen LogP contribution >= 0.6 is 0 Å². The largest absolute Gasteiger partial charge is 0.481 e. The Morgan fingerprint density at radius 1 is 1.53 bits per heavy atom. The number of carbonyl (C=O) groups excluding carboxylic acids is 1. The van der Waals surface area contributed by atoms with E-state index in [1.807, 2.05) is 6.92 Å². The molecule has 0 saturated heterocycles. The first-order valence-corrected chi connectivity index (χ1v) is 6.23. The van der Waals surface area contributed by atoms with Gasteiger partial charge in [0.25, 0.3) is 5.91 Å². The highest BCUT2D eigenvalue weighted by atomic mass is 16.5. The van der Waals surface area contributed by atoms with Gasteiger partial charge in [0.15, 0.2) is 0 Å². The quantitative estimate of drug-likeness (QED) is 0.637. The lowest BCUT2D eigenvalue weighted by Crippen LogP contribution is -2.24. The van der Waals surface area contributed by atoms with Gasteiger partial charge >= 0.3 is 5.97 Å². The van der Waals surface area contributed by atoms with Gasteiger partial charge in [-0.1, -0.05) is 0 Å². The second-order valence-electron chi connectivity index (χ2n) is 3.94. The number of nitrogens with zero attached hydrogens (tertiary/aromatic N) is 2. The summed E-state index contributed by atoms with van der Waals surface area (Å²) in [6.45, 7) is 4.01. The molecule has 0 saturated carbocycles. The molecule has 2 N–H and O–H groups in total. The Labute approximate surface area is 111 Å².